The van der Waals surface area contributed by atoms with E-state index in [4.69, 9.17) is 0 Å². The van der Waals surface area contributed by atoms with Crippen LogP contribution in [-0.4, -0.2) is 0 Å². The fraction of sp³-hybridized carbons (Fsp3) is 0.100. The van der Waals surface area contributed by atoms with Crippen LogP contribution < -0.4 is 0 Å². The van der Waals surface area contributed by atoms with Gasteiger partial charge in [0.25, 0.3) is 0 Å². The van der Waals surface area contributed by atoms with Gasteiger partial charge in [0.15, 0.2) is 0 Å². The molecule has 0 bridgehead atoms. The summed E-state index contributed by atoms with van der Waals surface area (Å²) in [6.45, 7) is 4.42. The number of hydrogen-bond donors (Lipinski definition) is 0. The van der Waals surface area contributed by atoms with Crippen molar-refractivity contribution in [3.63, 3.8) is 0 Å². The molecule has 0 N–H and O–H groups in total. The summed E-state index contributed by atoms with van der Waals surface area (Å²) in [7, 11) is 0. The molecule has 0 saturated heterocycles. The number of benzene rings is 3. The van der Waals surface area contributed by atoms with Crippen LogP contribution in [0.25, 0.3) is 22.3 Å². The Bertz CT molecular complexity index is 645. The maximum absolute atomic E-state index is 2.24. The van der Waals surface area contributed by atoms with Gasteiger partial charge in [0.1, 0.15) is 0 Å². The Hall–Kier alpha value is -2.34. The molecule has 0 aliphatic rings. The van der Waals surface area contributed by atoms with Crippen molar-refractivity contribution >= 4 is 0 Å². The predicted molar refractivity (Wildman–Crippen MR) is 86.8 cm³/mol. The molecule has 98 valence electrons. The van der Waals surface area contributed by atoms with Crippen molar-refractivity contribution in [3.05, 3.63) is 83.9 Å². The van der Waals surface area contributed by atoms with E-state index in [2.05, 4.69) is 86.6 Å². The molecule has 0 radical (unpaired) electrons. The highest BCUT2D eigenvalue weighted by atomic mass is 14.1. The third-order valence-electron chi connectivity index (χ3n) is 3.96. The molecular formula is C20H18. The number of hydrogen-bond acceptors (Lipinski definition) is 0. The zero-order valence-electron chi connectivity index (χ0n) is 11.9. The fourth-order valence-electron chi connectivity index (χ4n) is 2.68. The second-order valence-corrected chi connectivity index (χ2v) is 5.14. The quantitative estimate of drug-likeness (QED) is 0.558. The van der Waals surface area contributed by atoms with Crippen molar-refractivity contribution in [3.8, 4) is 22.3 Å². The van der Waals surface area contributed by atoms with E-state index >= 15 is 0 Å². The maximum Gasteiger partial charge on any atom is -0.0152 e. The largest absolute Gasteiger partial charge is 0.0622 e. The zero-order chi connectivity index (χ0) is 13.9. The van der Waals surface area contributed by atoms with E-state index in [1.807, 2.05) is 0 Å². The molecule has 0 amide bonds. The molecule has 0 aliphatic carbocycles. The summed E-state index contributed by atoms with van der Waals surface area (Å²) in [5.41, 5.74) is 7.93. The highest BCUT2D eigenvalue weighted by Crippen LogP contribution is 2.32. The molecule has 3 rings (SSSR count). The van der Waals surface area contributed by atoms with Gasteiger partial charge in [-0.1, -0.05) is 72.8 Å². The molecule has 0 atom stereocenters. The van der Waals surface area contributed by atoms with E-state index in [0.29, 0.717) is 0 Å². The highest BCUT2D eigenvalue weighted by Gasteiger charge is 2.08. The van der Waals surface area contributed by atoms with Crippen molar-refractivity contribution in [2.45, 2.75) is 13.8 Å². The molecule has 20 heavy (non-hydrogen) atoms. The first-order valence-electron chi connectivity index (χ1n) is 6.98. The third kappa shape index (κ3) is 2.25. The van der Waals surface area contributed by atoms with Crippen LogP contribution in [0.3, 0.4) is 0 Å². The summed E-state index contributed by atoms with van der Waals surface area (Å²) in [5, 5.41) is 0. The van der Waals surface area contributed by atoms with Gasteiger partial charge in [-0.3, -0.25) is 0 Å². The van der Waals surface area contributed by atoms with Crippen molar-refractivity contribution in [2.75, 3.05) is 0 Å². The number of rotatable bonds is 2. The summed E-state index contributed by atoms with van der Waals surface area (Å²) >= 11 is 0. The topological polar surface area (TPSA) is 0 Å². The van der Waals surface area contributed by atoms with Gasteiger partial charge in [-0.05, 0) is 47.2 Å². The van der Waals surface area contributed by atoms with Crippen LogP contribution in [0.4, 0.5) is 0 Å². The van der Waals surface area contributed by atoms with Gasteiger partial charge in [0.2, 0.25) is 0 Å². The molecule has 0 unspecified atom stereocenters. The van der Waals surface area contributed by atoms with E-state index < -0.39 is 0 Å². The van der Waals surface area contributed by atoms with Crippen molar-refractivity contribution < 1.29 is 0 Å². The van der Waals surface area contributed by atoms with E-state index in [1.165, 1.54) is 33.4 Å². The lowest BCUT2D eigenvalue weighted by atomic mass is 9.91. The minimum Gasteiger partial charge on any atom is -0.0622 e. The Balaban J connectivity index is 2.13. The van der Waals surface area contributed by atoms with Crippen LogP contribution >= 0.6 is 0 Å². The van der Waals surface area contributed by atoms with Crippen LogP contribution in [-0.2, 0) is 0 Å². The predicted octanol–water partition coefficient (Wildman–Crippen LogP) is 5.64. The van der Waals surface area contributed by atoms with Crippen LogP contribution in [0.1, 0.15) is 11.1 Å². The summed E-state index contributed by atoms with van der Waals surface area (Å²) in [6, 6.07) is 25.6. The lowest BCUT2D eigenvalue weighted by Gasteiger charge is -2.14. The Labute approximate surface area is 120 Å². The first-order chi connectivity index (χ1) is 9.77. The molecule has 0 heteroatoms. The highest BCUT2D eigenvalue weighted by molar-refractivity contribution is 5.76. The van der Waals surface area contributed by atoms with Crippen LogP contribution in [0.2, 0.25) is 0 Å². The van der Waals surface area contributed by atoms with Gasteiger partial charge in [-0.25, -0.2) is 0 Å². The van der Waals surface area contributed by atoms with Crippen LogP contribution in [0.15, 0.2) is 72.8 Å². The second kappa shape index (κ2) is 5.34. The molecule has 3 aromatic carbocycles. The van der Waals surface area contributed by atoms with Crippen LogP contribution in [0.5, 0.6) is 0 Å². The average molecular weight is 258 g/mol. The van der Waals surface area contributed by atoms with Gasteiger partial charge in [0, 0.05) is 0 Å². The van der Waals surface area contributed by atoms with E-state index in [1.54, 1.807) is 0 Å². The molecule has 3 aromatic rings. The lowest BCUT2D eigenvalue weighted by Crippen LogP contribution is -1.91. The maximum atomic E-state index is 2.24. The molecule has 0 nitrogen and oxygen atoms in total. The van der Waals surface area contributed by atoms with E-state index in [0.717, 1.165) is 0 Å². The smallest absolute Gasteiger partial charge is 0.0152 e. The molecule has 0 fully saturated rings. The van der Waals surface area contributed by atoms with Gasteiger partial charge in [-0.2, -0.15) is 0 Å². The summed E-state index contributed by atoms with van der Waals surface area (Å²) in [5.74, 6) is 0. The standard InChI is InChI=1S/C20H18/c1-15-16(2)20(18-11-7-4-8-12-18)14-13-19(15)17-9-5-3-6-10-17/h3-14H,1-2H3. The van der Waals surface area contributed by atoms with Gasteiger partial charge in [0.05, 0.1) is 0 Å². The van der Waals surface area contributed by atoms with E-state index in [9.17, 15) is 0 Å². The molecule has 0 aromatic heterocycles. The lowest BCUT2D eigenvalue weighted by molar-refractivity contribution is 1.34. The summed E-state index contributed by atoms with van der Waals surface area (Å²) < 4.78 is 0. The molecule has 0 heterocycles. The Morgan fingerprint density at radius 1 is 0.450 bits per heavy atom. The molecule has 0 aliphatic heterocycles. The monoisotopic (exact) mass is 258 g/mol. The molecule has 0 saturated carbocycles. The van der Waals surface area contributed by atoms with Gasteiger partial charge in [-0.15, -0.1) is 0 Å². The van der Waals surface area contributed by atoms with Crippen molar-refractivity contribution in [1.29, 1.82) is 0 Å². The zero-order valence-corrected chi connectivity index (χ0v) is 11.9. The van der Waals surface area contributed by atoms with E-state index in [-0.39, 0.29) is 0 Å². The van der Waals surface area contributed by atoms with Crippen molar-refractivity contribution in [2.24, 2.45) is 0 Å². The molecular weight excluding hydrogens is 240 g/mol. The van der Waals surface area contributed by atoms with Crippen molar-refractivity contribution in [1.82, 2.24) is 0 Å². The summed E-state index contributed by atoms with van der Waals surface area (Å²) in [6.07, 6.45) is 0. The fourth-order valence-corrected chi connectivity index (χ4v) is 2.68. The Morgan fingerprint density at radius 2 is 0.800 bits per heavy atom. The average Bonchev–Trinajstić information content (AvgIpc) is 2.52. The summed E-state index contributed by atoms with van der Waals surface area (Å²) in [4.78, 5) is 0. The SMILES string of the molecule is Cc1c(-c2ccccc2)ccc(-c2ccccc2)c1C. The first kappa shape index (κ1) is 12.7. The van der Waals surface area contributed by atoms with Gasteiger partial charge >= 0.3 is 0 Å². The Morgan fingerprint density at radius 3 is 1.15 bits per heavy atom. The van der Waals surface area contributed by atoms with Crippen LogP contribution in [0, 0.1) is 13.8 Å². The normalized spacial score (nSPS) is 10.5. The van der Waals surface area contributed by atoms with Gasteiger partial charge < -0.3 is 0 Å². The minimum absolute atomic E-state index is 1.28. The minimum atomic E-state index is 1.28. The second-order valence-electron chi connectivity index (χ2n) is 5.14. The third-order valence-corrected chi connectivity index (χ3v) is 3.96. The Kier molecular flexibility index (Phi) is 3.39. The molecule has 0 spiro atoms. The first-order valence-corrected chi connectivity index (χ1v) is 6.98.